The molecule has 0 bridgehead atoms. The third-order valence-electron chi connectivity index (χ3n) is 5.71. The first-order valence-electron chi connectivity index (χ1n) is 8.52. The highest BCUT2D eigenvalue weighted by Crippen LogP contribution is 2.52. The maximum atomic E-state index is 12.0. The summed E-state index contributed by atoms with van der Waals surface area (Å²) in [7, 11) is 0. The van der Waals surface area contributed by atoms with Crippen LogP contribution in [0.25, 0.3) is 0 Å². The summed E-state index contributed by atoms with van der Waals surface area (Å²) >= 11 is 1.83. The molecule has 0 aromatic carbocycles. The van der Waals surface area contributed by atoms with Crippen molar-refractivity contribution in [1.82, 2.24) is 4.98 Å². The predicted octanol–water partition coefficient (Wildman–Crippen LogP) is 3.98. The van der Waals surface area contributed by atoms with Crippen LogP contribution in [-0.4, -0.2) is 10.9 Å². The molecule has 0 saturated heterocycles. The van der Waals surface area contributed by atoms with Gasteiger partial charge in [-0.25, -0.2) is 4.98 Å². The van der Waals surface area contributed by atoms with Crippen molar-refractivity contribution < 1.29 is 4.79 Å². The van der Waals surface area contributed by atoms with Crippen molar-refractivity contribution in [1.29, 1.82) is 0 Å². The highest BCUT2D eigenvalue weighted by Gasteiger charge is 2.48. The Morgan fingerprint density at radius 3 is 2.29 bits per heavy atom. The third-order valence-corrected chi connectivity index (χ3v) is 7.15. The number of rotatable bonds is 4. The Bertz CT molecular complexity index is 551. The van der Waals surface area contributed by atoms with Gasteiger partial charge in [0.25, 0.3) is 0 Å². The first kappa shape index (κ1) is 13.7. The SMILES string of the molecule is NC(=O)C1(c2nc(C3CC3)c(C3CCCCC3)s2)CCC1. The van der Waals surface area contributed by atoms with E-state index < -0.39 is 5.41 Å². The van der Waals surface area contributed by atoms with E-state index >= 15 is 0 Å². The van der Waals surface area contributed by atoms with Crippen molar-refractivity contribution in [3.05, 3.63) is 15.6 Å². The van der Waals surface area contributed by atoms with E-state index in [1.54, 1.807) is 0 Å². The molecule has 1 aromatic rings. The molecule has 3 saturated carbocycles. The molecular weight excluding hydrogens is 280 g/mol. The number of carbonyl (C=O) groups is 1. The summed E-state index contributed by atoms with van der Waals surface area (Å²) in [5.74, 6) is 1.22. The molecule has 1 heterocycles. The zero-order valence-corrected chi connectivity index (χ0v) is 13.4. The van der Waals surface area contributed by atoms with Gasteiger partial charge in [0.1, 0.15) is 10.4 Å². The quantitative estimate of drug-likeness (QED) is 0.915. The van der Waals surface area contributed by atoms with Gasteiger partial charge in [-0.1, -0.05) is 25.7 Å². The van der Waals surface area contributed by atoms with Crippen molar-refractivity contribution in [3.63, 3.8) is 0 Å². The molecule has 3 aliphatic rings. The average Bonchev–Trinajstić information content (AvgIpc) is 3.19. The lowest BCUT2D eigenvalue weighted by Crippen LogP contribution is -2.46. The normalized spacial score (nSPS) is 25.5. The number of nitrogens with zero attached hydrogens (tertiary/aromatic N) is 1. The van der Waals surface area contributed by atoms with Crippen molar-refractivity contribution in [3.8, 4) is 0 Å². The minimum Gasteiger partial charge on any atom is -0.369 e. The Hall–Kier alpha value is -0.900. The maximum Gasteiger partial charge on any atom is 0.230 e. The van der Waals surface area contributed by atoms with E-state index in [-0.39, 0.29) is 5.91 Å². The molecule has 2 N–H and O–H groups in total. The lowest BCUT2D eigenvalue weighted by molar-refractivity contribution is -0.126. The van der Waals surface area contributed by atoms with Crippen LogP contribution in [0.2, 0.25) is 0 Å². The van der Waals surface area contributed by atoms with E-state index in [1.807, 2.05) is 11.3 Å². The second-order valence-corrected chi connectivity index (χ2v) is 8.21. The summed E-state index contributed by atoms with van der Waals surface area (Å²) in [6, 6.07) is 0. The molecule has 4 rings (SSSR count). The van der Waals surface area contributed by atoms with Crippen molar-refractivity contribution in [2.24, 2.45) is 5.73 Å². The van der Waals surface area contributed by atoms with E-state index in [4.69, 9.17) is 10.7 Å². The molecule has 0 spiro atoms. The first-order valence-corrected chi connectivity index (χ1v) is 9.33. The van der Waals surface area contributed by atoms with Gasteiger partial charge in [0.2, 0.25) is 5.91 Å². The van der Waals surface area contributed by atoms with Crippen LogP contribution in [0.3, 0.4) is 0 Å². The molecule has 3 fully saturated rings. The minimum absolute atomic E-state index is 0.153. The van der Waals surface area contributed by atoms with Crippen LogP contribution in [-0.2, 0) is 10.2 Å². The van der Waals surface area contributed by atoms with Crippen LogP contribution >= 0.6 is 11.3 Å². The molecule has 0 atom stereocenters. The fourth-order valence-corrected chi connectivity index (χ4v) is 5.52. The van der Waals surface area contributed by atoms with Crippen LogP contribution in [0.4, 0.5) is 0 Å². The lowest BCUT2D eigenvalue weighted by Gasteiger charge is -2.36. The van der Waals surface area contributed by atoms with Gasteiger partial charge in [-0.05, 0) is 44.4 Å². The van der Waals surface area contributed by atoms with E-state index in [9.17, 15) is 4.79 Å². The Morgan fingerprint density at radius 2 is 1.76 bits per heavy atom. The average molecular weight is 304 g/mol. The van der Waals surface area contributed by atoms with Gasteiger partial charge in [0.05, 0.1) is 5.69 Å². The molecule has 114 valence electrons. The third kappa shape index (κ3) is 2.23. The number of hydrogen-bond acceptors (Lipinski definition) is 3. The maximum absolute atomic E-state index is 12.0. The van der Waals surface area contributed by atoms with Crippen molar-refractivity contribution in [2.45, 2.75) is 81.5 Å². The molecule has 1 aromatic heterocycles. The number of aromatic nitrogens is 1. The second-order valence-electron chi connectivity index (χ2n) is 7.18. The van der Waals surface area contributed by atoms with E-state index in [2.05, 4.69) is 0 Å². The van der Waals surface area contributed by atoms with Crippen LogP contribution in [0.5, 0.6) is 0 Å². The van der Waals surface area contributed by atoms with Crippen molar-refractivity contribution >= 4 is 17.2 Å². The minimum atomic E-state index is -0.415. The van der Waals surface area contributed by atoms with E-state index in [0.29, 0.717) is 11.8 Å². The highest BCUT2D eigenvalue weighted by atomic mass is 32.1. The zero-order valence-electron chi connectivity index (χ0n) is 12.6. The second kappa shape index (κ2) is 5.08. The molecule has 3 aliphatic carbocycles. The molecule has 0 unspecified atom stereocenters. The molecule has 3 nitrogen and oxygen atoms in total. The number of hydrogen-bond donors (Lipinski definition) is 1. The van der Waals surface area contributed by atoms with E-state index in [0.717, 1.165) is 24.3 Å². The Morgan fingerprint density at radius 1 is 1.05 bits per heavy atom. The summed E-state index contributed by atoms with van der Waals surface area (Å²) < 4.78 is 0. The molecule has 0 aliphatic heterocycles. The standard InChI is InChI=1S/C17H24N2OS/c18-15(20)17(9-4-10-17)16-19-13(11-7-8-11)14(21-16)12-5-2-1-3-6-12/h11-12H,1-10H2,(H2,18,20). The van der Waals surface area contributed by atoms with Crippen LogP contribution in [0.1, 0.15) is 91.6 Å². The van der Waals surface area contributed by atoms with Crippen LogP contribution < -0.4 is 5.73 Å². The summed E-state index contributed by atoms with van der Waals surface area (Å²) in [6.45, 7) is 0. The summed E-state index contributed by atoms with van der Waals surface area (Å²) in [5, 5.41) is 1.05. The van der Waals surface area contributed by atoms with E-state index in [1.165, 1.54) is 55.5 Å². The van der Waals surface area contributed by atoms with Gasteiger partial charge in [0.15, 0.2) is 0 Å². The fourth-order valence-electron chi connectivity index (χ4n) is 3.95. The fraction of sp³-hybridized carbons (Fsp3) is 0.765. The summed E-state index contributed by atoms with van der Waals surface area (Å²) in [5.41, 5.74) is 6.65. The zero-order chi connectivity index (χ0) is 14.4. The molecule has 0 radical (unpaired) electrons. The summed E-state index contributed by atoms with van der Waals surface area (Å²) in [6.07, 6.45) is 12.2. The number of nitrogens with two attached hydrogens (primary N) is 1. The van der Waals surface area contributed by atoms with Gasteiger partial charge in [-0.3, -0.25) is 4.79 Å². The van der Waals surface area contributed by atoms with Gasteiger partial charge in [-0.2, -0.15) is 0 Å². The van der Waals surface area contributed by atoms with Crippen LogP contribution in [0.15, 0.2) is 0 Å². The number of primary amides is 1. The smallest absolute Gasteiger partial charge is 0.230 e. The summed E-state index contributed by atoms with van der Waals surface area (Å²) in [4.78, 5) is 18.5. The van der Waals surface area contributed by atoms with Crippen LogP contribution in [0, 0.1) is 0 Å². The molecule has 1 amide bonds. The van der Waals surface area contributed by atoms with Gasteiger partial charge in [0, 0.05) is 10.8 Å². The number of amides is 1. The number of carbonyl (C=O) groups excluding carboxylic acids is 1. The van der Waals surface area contributed by atoms with Crippen molar-refractivity contribution in [2.75, 3.05) is 0 Å². The highest BCUT2D eigenvalue weighted by molar-refractivity contribution is 7.12. The monoisotopic (exact) mass is 304 g/mol. The largest absolute Gasteiger partial charge is 0.369 e. The Kier molecular flexibility index (Phi) is 3.32. The molecule has 21 heavy (non-hydrogen) atoms. The molecular formula is C17H24N2OS. The lowest BCUT2D eigenvalue weighted by atomic mass is 9.68. The van der Waals surface area contributed by atoms with Gasteiger partial charge < -0.3 is 5.73 Å². The Labute approximate surface area is 130 Å². The Balaban J connectivity index is 1.71. The number of thiazole rings is 1. The first-order chi connectivity index (χ1) is 10.2. The van der Waals surface area contributed by atoms with Gasteiger partial charge >= 0.3 is 0 Å². The van der Waals surface area contributed by atoms with Gasteiger partial charge in [-0.15, -0.1) is 11.3 Å². The predicted molar refractivity (Wildman–Crippen MR) is 84.6 cm³/mol. The topological polar surface area (TPSA) is 56.0 Å². The molecule has 4 heteroatoms.